The second-order valence-electron chi connectivity index (χ2n) is 3.53. The van der Waals surface area contributed by atoms with Gasteiger partial charge in [-0.1, -0.05) is 17.4 Å². The number of carbonyl (C=O) groups is 1. The summed E-state index contributed by atoms with van der Waals surface area (Å²) in [5, 5.41) is 14.2. The highest BCUT2D eigenvalue weighted by Gasteiger charge is 2.11. The van der Waals surface area contributed by atoms with Crippen LogP contribution < -0.4 is 10.6 Å². The molecule has 0 aromatic carbocycles. The Balaban J connectivity index is 1.81. The van der Waals surface area contributed by atoms with Gasteiger partial charge in [0.05, 0.1) is 0 Å². The van der Waals surface area contributed by atoms with E-state index < -0.39 is 0 Å². The van der Waals surface area contributed by atoms with Crippen molar-refractivity contribution >= 4 is 22.4 Å². The minimum absolute atomic E-state index is 0.196. The molecule has 94 valence electrons. The highest BCUT2D eigenvalue weighted by atomic mass is 32.1. The first-order valence-corrected chi connectivity index (χ1v) is 6.29. The summed E-state index contributed by atoms with van der Waals surface area (Å²) in [6.45, 7) is 0.555. The molecule has 0 aliphatic heterocycles. The van der Waals surface area contributed by atoms with Crippen LogP contribution in [0.25, 0.3) is 0 Å². The van der Waals surface area contributed by atoms with E-state index >= 15 is 0 Å². The molecule has 0 saturated carbocycles. The molecule has 0 atom stereocenters. The van der Waals surface area contributed by atoms with Crippen molar-refractivity contribution in [2.75, 3.05) is 18.9 Å². The lowest BCUT2D eigenvalue weighted by Gasteiger charge is -2.02. The monoisotopic (exact) mass is 263 g/mol. The minimum atomic E-state index is -0.196. The first-order chi connectivity index (χ1) is 8.79. The molecule has 0 saturated heterocycles. The number of pyridine rings is 1. The zero-order valence-corrected chi connectivity index (χ0v) is 10.7. The average molecular weight is 263 g/mol. The normalized spacial score (nSPS) is 10.1. The van der Waals surface area contributed by atoms with Crippen LogP contribution in [0.4, 0.5) is 5.13 Å². The van der Waals surface area contributed by atoms with Gasteiger partial charge < -0.3 is 10.6 Å². The van der Waals surface area contributed by atoms with E-state index in [-0.39, 0.29) is 5.91 Å². The maximum absolute atomic E-state index is 11.7. The van der Waals surface area contributed by atoms with Gasteiger partial charge in [-0.3, -0.25) is 9.78 Å². The number of nitrogens with one attached hydrogen (secondary N) is 2. The van der Waals surface area contributed by atoms with Crippen LogP contribution >= 0.6 is 11.3 Å². The Kier molecular flexibility index (Phi) is 4.19. The third-order valence-electron chi connectivity index (χ3n) is 2.26. The molecule has 2 heterocycles. The second kappa shape index (κ2) is 6.06. The maximum atomic E-state index is 11.7. The number of carbonyl (C=O) groups excluding carboxylic acids is 1. The van der Waals surface area contributed by atoms with Crippen molar-refractivity contribution in [2.24, 2.45) is 0 Å². The zero-order valence-electron chi connectivity index (χ0n) is 9.88. The molecule has 0 spiro atoms. The number of anilines is 1. The quantitative estimate of drug-likeness (QED) is 0.839. The van der Waals surface area contributed by atoms with E-state index in [1.165, 1.54) is 11.3 Å². The molecule has 6 nitrogen and oxygen atoms in total. The number of aromatic nitrogens is 3. The smallest absolute Gasteiger partial charge is 0.282 e. The predicted octanol–water partition coefficient (Wildman–Crippen LogP) is 0.947. The highest BCUT2D eigenvalue weighted by Crippen LogP contribution is 2.13. The Bertz CT molecular complexity index is 513. The summed E-state index contributed by atoms with van der Waals surface area (Å²) in [7, 11) is 1.74. The summed E-state index contributed by atoms with van der Waals surface area (Å²) in [5.41, 5.74) is 1.09. The van der Waals surface area contributed by atoms with Crippen LogP contribution in [0, 0.1) is 0 Å². The SMILES string of the molecule is CNc1nnc(C(=O)NCCc2cccnc2)s1. The molecule has 0 bridgehead atoms. The lowest BCUT2D eigenvalue weighted by atomic mass is 10.2. The summed E-state index contributed by atoms with van der Waals surface area (Å²) >= 11 is 1.23. The van der Waals surface area contributed by atoms with Crippen molar-refractivity contribution in [1.82, 2.24) is 20.5 Å². The molecule has 0 aliphatic carbocycles. The average Bonchev–Trinajstić information content (AvgIpc) is 2.89. The summed E-state index contributed by atoms with van der Waals surface area (Å²) in [6.07, 6.45) is 4.26. The number of hydrogen-bond acceptors (Lipinski definition) is 6. The summed E-state index contributed by atoms with van der Waals surface area (Å²) < 4.78 is 0. The van der Waals surface area contributed by atoms with E-state index in [1.54, 1.807) is 19.4 Å². The molecular formula is C11H13N5OS. The van der Waals surface area contributed by atoms with E-state index in [2.05, 4.69) is 25.8 Å². The van der Waals surface area contributed by atoms with Crippen molar-refractivity contribution in [3.8, 4) is 0 Å². The summed E-state index contributed by atoms with van der Waals surface area (Å²) in [5.74, 6) is -0.196. The molecule has 2 aromatic rings. The molecule has 7 heteroatoms. The van der Waals surface area contributed by atoms with Gasteiger partial charge in [0.2, 0.25) is 10.1 Å². The van der Waals surface area contributed by atoms with Gasteiger partial charge in [0, 0.05) is 26.0 Å². The maximum Gasteiger partial charge on any atom is 0.282 e. The van der Waals surface area contributed by atoms with Gasteiger partial charge in [0.25, 0.3) is 5.91 Å². The lowest BCUT2D eigenvalue weighted by molar-refractivity contribution is 0.0953. The summed E-state index contributed by atoms with van der Waals surface area (Å²) in [6, 6.07) is 3.85. The van der Waals surface area contributed by atoms with E-state index in [0.717, 1.165) is 12.0 Å². The Hall–Kier alpha value is -2.02. The molecule has 2 aromatic heterocycles. The Morgan fingerprint density at radius 3 is 3.00 bits per heavy atom. The van der Waals surface area contributed by atoms with E-state index in [1.807, 2.05) is 12.1 Å². The molecule has 2 N–H and O–H groups in total. The molecule has 2 rings (SSSR count). The molecule has 0 aliphatic rings. The largest absolute Gasteiger partial charge is 0.363 e. The fraction of sp³-hybridized carbons (Fsp3) is 0.273. The molecule has 0 unspecified atom stereocenters. The fourth-order valence-electron chi connectivity index (χ4n) is 1.36. The standard InChI is InChI=1S/C11H13N5OS/c1-12-11-16-15-10(18-11)9(17)14-6-4-8-3-2-5-13-7-8/h2-3,5,7H,4,6H2,1H3,(H,12,16)(H,14,17). The number of rotatable bonds is 5. The van der Waals surface area contributed by atoms with Gasteiger partial charge in [-0.15, -0.1) is 10.2 Å². The Labute approximate surface area is 108 Å². The van der Waals surface area contributed by atoms with Crippen molar-refractivity contribution in [3.05, 3.63) is 35.1 Å². The van der Waals surface area contributed by atoms with Gasteiger partial charge >= 0.3 is 0 Å². The van der Waals surface area contributed by atoms with E-state index in [0.29, 0.717) is 16.7 Å². The van der Waals surface area contributed by atoms with Crippen LogP contribution in [0.3, 0.4) is 0 Å². The van der Waals surface area contributed by atoms with E-state index in [4.69, 9.17) is 0 Å². The van der Waals surface area contributed by atoms with E-state index in [9.17, 15) is 4.79 Å². The lowest BCUT2D eigenvalue weighted by Crippen LogP contribution is -2.25. The molecule has 0 radical (unpaired) electrons. The third-order valence-corrected chi connectivity index (χ3v) is 3.19. The number of nitrogens with zero attached hydrogens (tertiary/aromatic N) is 3. The van der Waals surface area contributed by atoms with Gasteiger partial charge in [-0.2, -0.15) is 0 Å². The van der Waals surface area contributed by atoms with Crippen LogP contribution in [-0.2, 0) is 6.42 Å². The predicted molar refractivity (Wildman–Crippen MR) is 69.7 cm³/mol. The Morgan fingerprint density at radius 1 is 1.44 bits per heavy atom. The number of hydrogen-bond donors (Lipinski definition) is 2. The van der Waals surface area contributed by atoms with Gasteiger partial charge in [0.1, 0.15) is 0 Å². The second-order valence-corrected chi connectivity index (χ2v) is 4.51. The van der Waals surface area contributed by atoms with Crippen LogP contribution in [0.2, 0.25) is 0 Å². The van der Waals surface area contributed by atoms with Gasteiger partial charge in [0.15, 0.2) is 0 Å². The summed E-state index contributed by atoms with van der Waals surface area (Å²) in [4.78, 5) is 15.7. The fourth-order valence-corrected chi connectivity index (χ4v) is 1.97. The number of amides is 1. The van der Waals surface area contributed by atoms with Crippen molar-refractivity contribution in [3.63, 3.8) is 0 Å². The third kappa shape index (κ3) is 3.24. The molecule has 18 heavy (non-hydrogen) atoms. The minimum Gasteiger partial charge on any atom is -0.363 e. The zero-order chi connectivity index (χ0) is 12.8. The van der Waals surface area contributed by atoms with Crippen molar-refractivity contribution < 1.29 is 4.79 Å². The van der Waals surface area contributed by atoms with Gasteiger partial charge in [-0.05, 0) is 18.1 Å². The van der Waals surface area contributed by atoms with Crippen LogP contribution in [-0.4, -0.2) is 34.7 Å². The Morgan fingerprint density at radius 2 is 2.33 bits per heavy atom. The molecule has 1 amide bonds. The molecule has 0 fully saturated rings. The van der Waals surface area contributed by atoms with Crippen molar-refractivity contribution in [2.45, 2.75) is 6.42 Å². The van der Waals surface area contributed by atoms with Gasteiger partial charge in [-0.25, -0.2) is 0 Å². The van der Waals surface area contributed by atoms with Crippen LogP contribution in [0.5, 0.6) is 0 Å². The van der Waals surface area contributed by atoms with Crippen LogP contribution in [0.15, 0.2) is 24.5 Å². The van der Waals surface area contributed by atoms with Crippen molar-refractivity contribution in [1.29, 1.82) is 0 Å². The topological polar surface area (TPSA) is 79.8 Å². The van der Waals surface area contributed by atoms with Crippen LogP contribution in [0.1, 0.15) is 15.4 Å². The molecular weight excluding hydrogens is 250 g/mol. The first kappa shape index (κ1) is 12.4. The highest BCUT2D eigenvalue weighted by molar-refractivity contribution is 7.17. The first-order valence-electron chi connectivity index (χ1n) is 5.48.